The van der Waals surface area contributed by atoms with Gasteiger partial charge in [-0.2, -0.15) is 0 Å². The molecule has 1 aliphatic heterocycles. The largest absolute Gasteiger partial charge is 0.298 e. The minimum atomic E-state index is -2.05. The fourth-order valence-corrected chi connectivity index (χ4v) is 1.63. The van der Waals surface area contributed by atoms with Crippen molar-refractivity contribution in [3.05, 3.63) is 35.9 Å². The van der Waals surface area contributed by atoms with Gasteiger partial charge in [0.2, 0.25) is 0 Å². The molecular formula is C13H17NO. The summed E-state index contributed by atoms with van der Waals surface area (Å²) < 4.78 is 23.7. The summed E-state index contributed by atoms with van der Waals surface area (Å²) in [5, 5.41) is 0. The van der Waals surface area contributed by atoms with E-state index in [0.717, 1.165) is 5.56 Å². The first-order valence-corrected chi connectivity index (χ1v) is 5.18. The van der Waals surface area contributed by atoms with E-state index >= 15 is 0 Å². The van der Waals surface area contributed by atoms with Crippen molar-refractivity contribution in [2.45, 2.75) is 19.9 Å². The molecule has 2 nitrogen and oxygen atoms in total. The van der Waals surface area contributed by atoms with Gasteiger partial charge in [-0.15, -0.1) is 0 Å². The zero-order chi connectivity index (χ0) is 13.4. The monoisotopic (exact) mass is 206 g/mol. The molecule has 0 saturated carbocycles. The molecule has 0 aromatic heterocycles. The second kappa shape index (κ2) is 4.58. The molecule has 0 radical (unpaired) electrons. The third-order valence-electron chi connectivity index (χ3n) is 2.62. The molecule has 1 atom stereocenters. The Labute approximate surface area is 95.1 Å². The van der Waals surface area contributed by atoms with Crippen LogP contribution in [0.3, 0.4) is 0 Å². The Morgan fingerprint density at radius 2 is 2.27 bits per heavy atom. The van der Waals surface area contributed by atoms with Crippen LogP contribution in [0.2, 0.25) is 0 Å². The summed E-state index contributed by atoms with van der Waals surface area (Å²) >= 11 is 0. The van der Waals surface area contributed by atoms with Crippen LogP contribution in [0.1, 0.15) is 23.0 Å². The quantitative estimate of drug-likeness (QED) is 0.738. The number of likely N-dealkylation sites (tertiary alicyclic amines) is 1. The van der Waals surface area contributed by atoms with Gasteiger partial charge in [0, 0.05) is 13.8 Å². The lowest BCUT2D eigenvalue weighted by atomic mass is 9.97. The zero-order valence-corrected chi connectivity index (χ0v) is 8.86. The first-order chi connectivity index (χ1) is 8.34. The Hall–Kier alpha value is -1.15. The molecule has 2 heteroatoms. The number of hydrogen-bond donors (Lipinski definition) is 0. The summed E-state index contributed by atoms with van der Waals surface area (Å²) in [6, 6.07) is 9.51. The fourth-order valence-electron chi connectivity index (χ4n) is 1.63. The van der Waals surface area contributed by atoms with E-state index in [-0.39, 0.29) is 0 Å². The molecule has 1 saturated heterocycles. The van der Waals surface area contributed by atoms with Gasteiger partial charge in [0.1, 0.15) is 5.78 Å². The first kappa shape index (κ1) is 7.18. The number of nitrogens with zero attached hydrogens (tertiary/aromatic N) is 1. The van der Waals surface area contributed by atoms with Gasteiger partial charge in [0.05, 0.1) is 9.24 Å². The average Bonchev–Trinajstić information content (AvgIpc) is 2.33. The molecule has 2 rings (SSSR count). The molecule has 0 amide bonds. The number of piperidine rings is 1. The number of hydrogen-bond acceptors (Lipinski definition) is 2. The van der Waals surface area contributed by atoms with Gasteiger partial charge in [-0.3, -0.25) is 9.69 Å². The van der Waals surface area contributed by atoms with E-state index in [1.54, 1.807) is 0 Å². The lowest BCUT2D eigenvalue weighted by Gasteiger charge is -2.29. The minimum absolute atomic E-state index is 0.373. The molecule has 1 heterocycles. The van der Waals surface area contributed by atoms with Crippen LogP contribution in [0.15, 0.2) is 30.3 Å². The van der Waals surface area contributed by atoms with Crippen LogP contribution in [-0.2, 0) is 11.3 Å². The molecule has 0 bridgehead atoms. The highest BCUT2D eigenvalue weighted by Crippen LogP contribution is 2.15. The Kier molecular flexibility index (Phi) is 2.19. The third kappa shape index (κ3) is 2.66. The van der Waals surface area contributed by atoms with Crippen LogP contribution in [0.5, 0.6) is 0 Å². The van der Waals surface area contributed by atoms with Gasteiger partial charge in [-0.25, -0.2) is 0 Å². The number of carbonyl (C=O) groups excluding carboxylic acids is 1. The van der Waals surface area contributed by atoms with Crippen molar-refractivity contribution in [1.82, 2.24) is 4.90 Å². The molecule has 0 aliphatic carbocycles. The highest BCUT2D eigenvalue weighted by Gasteiger charge is 2.22. The molecule has 1 aliphatic rings. The van der Waals surface area contributed by atoms with Crippen LogP contribution in [0.25, 0.3) is 0 Å². The van der Waals surface area contributed by atoms with Crippen molar-refractivity contribution in [2.75, 3.05) is 13.0 Å². The van der Waals surface area contributed by atoms with E-state index in [0.29, 0.717) is 19.5 Å². The Balaban J connectivity index is 2.18. The zero-order valence-electron chi connectivity index (χ0n) is 11.9. The topological polar surface area (TPSA) is 20.3 Å². The highest BCUT2D eigenvalue weighted by atomic mass is 16.1. The number of ketones is 1. The van der Waals surface area contributed by atoms with E-state index < -0.39 is 18.2 Å². The SMILES string of the molecule is [2H]C1(C)CCN(Cc2ccccc2)C([2H])([2H])C1=O. The molecule has 1 aromatic rings. The summed E-state index contributed by atoms with van der Waals surface area (Å²) in [4.78, 5) is 13.5. The van der Waals surface area contributed by atoms with Gasteiger partial charge < -0.3 is 0 Å². The maximum atomic E-state index is 12.0. The predicted octanol–water partition coefficient (Wildman–Crippen LogP) is 2.10. The van der Waals surface area contributed by atoms with Gasteiger partial charge in [-0.05, 0) is 18.5 Å². The summed E-state index contributed by atoms with van der Waals surface area (Å²) in [6.07, 6.45) is 0.373. The molecule has 80 valence electrons. The van der Waals surface area contributed by atoms with Crippen molar-refractivity contribution in [1.29, 1.82) is 0 Å². The summed E-state index contributed by atoms with van der Waals surface area (Å²) in [6.45, 7) is 0.265. The summed E-state index contributed by atoms with van der Waals surface area (Å²) in [7, 11) is 0. The van der Waals surface area contributed by atoms with Gasteiger partial charge in [0.25, 0.3) is 0 Å². The number of Topliss-reactive ketones (excluding diaryl/α,β-unsaturated/α-hetero) is 1. The van der Waals surface area contributed by atoms with E-state index in [1.807, 2.05) is 30.3 Å². The Morgan fingerprint density at radius 1 is 1.53 bits per heavy atom. The normalized spacial score (nSPS) is 34.2. The van der Waals surface area contributed by atoms with Crippen molar-refractivity contribution < 1.29 is 8.91 Å². The molecule has 0 spiro atoms. The van der Waals surface area contributed by atoms with Gasteiger partial charge in [-0.1, -0.05) is 37.3 Å². The van der Waals surface area contributed by atoms with Crippen molar-refractivity contribution in [2.24, 2.45) is 5.89 Å². The molecule has 1 unspecified atom stereocenters. The van der Waals surface area contributed by atoms with Crippen LogP contribution >= 0.6 is 0 Å². The second-order valence-corrected chi connectivity index (χ2v) is 3.88. The molecule has 1 aromatic carbocycles. The van der Waals surface area contributed by atoms with E-state index in [2.05, 4.69) is 0 Å². The molecule has 1 fully saturated rings. The average molecular weight is 206 g/mol. The Morgan fingerprint density at radius 3 is 3.00 bits per heavy atom. The van der Waals surface area contributed by atoms with Crippen molar-refractivity contribution >= 4 is 5.78 Å². The van der Waals surface area contributed by atoms with Crippen LogP contribution in [-0.4, -0.2) is 23.7 Å². The van der Waals surface area contributed by atoms with Crippen LogP contribution < -0.4 is 0 Å². The smallest absolute Gasteiger partial charge is 0.149 e. The predicted molar refractivity (Wildman–Crippen MR) is 60.5 cm³/mol. The van der Waals surface area contributed by atoms with Gasteiger partial charge >= 0.3 is 0 Å². The maximum absolute atomic E-state index is 12.0. The van der Waals surface area contributed by atoms with E-state index in [9.17, 15) is 4.79 Å². The van der Waals surface area contributed by atoms with Crippen LogP contribution in [0, 0.1) is 5.89 Å². The first-order valence-electron chi connectivity index (χ1n) is 6.68. The maximum Gasteiger partial charge on any atom is 0.149 e. The minimum Gasteiger partial charge on any atom is -0.298 e. The lowest BCUT2D eigenvalue weighted by molar-refractivity contribution is -0.126. The van der Waals surface area contributed by atoms with Gasteiger partial charge in [0.15, 0.2) is 0 Å². The summed E-state index contributed by atoms with van der Waals surface area (Å²) in [5.41, 5.74) is 0.975. The number of benzene rings is 1. The third-order valence-corrected chi connectivity index (χ3v) is 2.62. The standard InChI is InChI=1S/C13H17NO/c1-11-7-8-14(10-13(11)15)9-12-5-3-2-4-6-12/h2-6,11H,7-10H2,1H3/i10D2,11D. The lowest BCUT2D eigenvalue weighted by Crippen LogP contribution is -2.39. The van der Waals surface area contributed by atoms with Crippen molar-refractivity contribution in [3.63, 3.8) is 0 Å². The van der Waals surface area contributed by atoms with E-state index in [4.69, 9.17) is 4.11 Å². The molecule has 15 heavy (non-hydrogen) atoms. The molecular weight excluding hydrogens is 186 g/mol. The Bertz CT molecular complexity index is 445. The van der Waals surface area contributed by atoms with Crippen molar-refractivity contribution in [3.8, 4) is 0 Å². The highest BCUT2D eigenvalue weighted by molar-refractivity contribution is 5.83. The van der Waals surface area contributed by atoms with E-state index in [1.165, 1.54) is 11.8 Å². The molecule has 0 N–H and O–H groups in total. The number of rotatable bonds is 2. The second-order valence-electron chi connectivity index (χ2n) is 3.88. The number of carbonyl (C=O) groups is 1. The summed E-state index contributed by atoms with van der Waals surface area (Å²) in [5.74, 6) is -1.95. The fraction of sp³-hybridized carbons (Fsp3) is 0.462. The van der Waals surface area contributed by atoms with Crippen LogP contribution in [0.4, 0.5) is 0 Å².